The molecule has 1 aliphatic carbocycles. The molecule has 0 bridgehead atoms. The van der Waals surface area contributed by atoms with E-state index in [-0.39, 0.29) is 50.0 Å². The van der Waals surface area contributed by atoms with Gasteiger partial charge in [0.1, 0.15) is 11.2 Å². The number of likely N-dealkylation sites (tertiary alicyclic amines) is 1. The topological polar surface area (TPSA) is 50.6 Å². The van der Waals surface area contributed by atoms with Crippen LogP contribution < -0.4 is 10.6 Å². The maximum absolute atomic E-state index is 15.5. The largest absolute Gasteiger partial charge is 0.406 e. The maximum atomic E-state index is 15.5. The Hall–Kier alpha value is -3.42. The Bertz CT molecular complexity index is 1640. The molecule has 222 valence electrons. The van der Waals surface area contributed by atoms with Crippen molar-refractivity contribution in [3.8, 4) is 11.8 Å². The molecule has 1 aromatic heterocycles. The molecule has 3 aromatic rings. The Morgan fingerprint density at radius 2 is 1.83 bits per heavy atom. The number of halogens is 4. The lowest BCUT2D eigenvalue weighted by Gasteiger charge is -2.36. The number of ether oxygens (including phenoxy) is 1. The number of alkyl halides is 3. The van der Waals surface area contributed by atoms with Gasteiger partial charge in [-0.05, 0) is 64.3 Å². The van der Waals surface area contributed by atoms with Crippen LogP contribution >= 0.6 is 0 Å². The first-order valence-corrected chi connectivity index (χ1v) is 14.4. The van der Waals surface area contributed by atoms with Crippen molar-refractivity contribution in [2.24, 2.45) is 5.41 Å². The molecule has 42 heavy (non-hydrogen) atoms. The van der Waals surface area contributed by atoms with E-state index in [1.807, 2.05) is 25.7 Å². The minimum atomic E-state index is -4.47. The zero-order chi connectivity index (χ0) is 29.9. The Kier molecular flexibility index (Phi) is 7.09. The normalized spacial score (nSPS) is 21.9. The number of hydrogen-bond donors (Lipinski definition) is 0. The lowest BCUT2D eigenvalue weighted by atomic mass is 9.86. The molecule has 2 fully saturated rings. The summed E-state index contributed by atoms with van der Waals surface area (Å²) in [5.74, 6) is 5.16. The third-order valence-corrected chi connectivity index (χ3v) is 8.79. The fourth-order valence-electron chi connectivity index (χ4n) is 6.32. The zero-order valence-electron chi connectivity index (χ0n) is 24.0. The summed E-state index contributed by atoms with van der Waals surface area (Å²) in [7, 11) is 0. The van der Waals surface area contributed by atoms with Gasteiger partial charge in [-0.1, -0.05) is 30.4 Å². The molecule has 1 atom stereocenters. The number of fused-ring (bicyclic) bond motifs is 2. The molecule has 0 spiro atoms. The van der Waals surface area contributed by atoms with Gasteiger partial charge in [0.15, 0.2) is 5.82 Å². The molecule has 1 unspecified atom stereocenters. The van der Waals surface area contributed by atoms with Crippen LogP contribution in [0.2, 0.25) is 0 Å². The summed E-state index contributed by atoms with van der Waals surface area (Å²) in [5, 5.41) is 0.189. The number of hydrogen-bond acceptors (Lipinski definition) is 5. The molecule has 2 aromatic carbocycles. The average Bonchev–Trinajstić information content (AvgIpc) is 3.18. The van der Waals surface area contributed by atoms with E-state index in [1.165, 1.54) is 10.6 Å². The van der Waals surface area contributed by atoms with Crippen LogP contribution in [0.4, 0.5) is 29.1 Å². The van der Waals surface area contributed by atoms with E-state index in [0.29, 0.717) is 28.9 Å². The molecule has 0 amide bonds. The Morgan fingerprint density at radius 1 is 1.07 bits per heavy atom. The van der Waals surface area contributed by atoms with Crippen molar-refractivity contribution in [3.63, 3.8) is 0 Å². The SMILES string of the molecule is CC(C)(C)n1c(=O)nc(N2CCOCc3c(C#CC4(C(F)(F)F)CCN(C5CCC5)C4)cccc32)c2c(F)cccc21. The van der Waals surface area contributed by atoms with E-state index in [1.54, 1.807) is 35.2 Å². The lowest BCUT2D eigenvalue weighted by Crippen LogP contribution is -2.44. The van der Waals surface area contributed by atoms with Crippen molar-refractivity contribution < 1.29 is 22.3 Å². The standard InChI is InChI=1S/C32H34F4N4O2/c1-30(2,3)40-26-12-6-10-24(33)27(26)28(37-29(40)41)39-17-18-42-19-23-21(7-4-11-25(23)39)13-14-31(32(34,35)36)15-16-38(20-31)22-8-5-9-22/h4,6-7,10-12,22H,5,8-9,15-20H2,1-3H3. The average molecular weight is 583 g/mol. The van der Waals surface area contributed by atoms with E-state index in [2.05, 4.69) is 16.8 Å². The van der Waals surface area contributed by atoms with Gasteiger partial charge in [0, 0.05) is 48.0 Å². The smallest absolute Gasteiger partial charge is 0.375 e. The van der Waals surface area contributed by atoms with Gasteiger partial charge < -0.3 is 9.64 Å². The molecule has 3 heterocycles. The van der Waals surface area contributed by atoms with Crippen LogP contribution in [0.25, 0.3) is 10.9 Å². The monoisotopic (exact) mass is 582 g/mol. The predicted molar refractivity (Wildman–Crippen MR) is 153 cm³/mol. The highest BCUT2D eigenvalue weighted by Gasteiger charge is 2.58. The first-order valence-electron chi connectivity index (χ1n) is 14.4. The fraction of sp³-hybridized carbons (Fsp3) is 0.500. The van der Waals surface area contributed by atoms with Crippen molar-refractivity contribution in [1.29, 1.82) is 0 Å². The second kappa shape index (κ2) is 10.4. The fourth-order valence-corrected chi connectivity index (χ4v) is 6.32. The van der Waals surface area contributed by atoms with Crippen LogP contribution in [0.3, 0.4) is 0 Å². The van der Waals surface area contributed by atoms with Crippen LogP contribution in [-0.4, -0.2) is 52.9 Å². The molecular weight excluding hydrogens is 548 g/mol. The summed E-state index contributed by atoms with van der Waals surface area (Å²) in [6.45, 7) is 6.44. The second-order valence-electron chi connectivity index (χ2n) is 12.5. The Labute approximate surface area is 242 Å². The van der Waals surface area contributed by atoms with Gasteiger partial charge in [-0.15, -0.1) is 0 Å². The summed E-state index contributed by atoms with van der Waals surface area (Å²) in [6, 6.07) is 9.97. The molecule has 2 aliphatic heterocycles. The molecular formula is C32H34F4N4O2. The molecule has 0 N–H and O–H groups in total. The predicted octanol–water partition coefficient (Wildman–Crippen LogP) is 6.12. The van der Waals surface area contributed by atoms with E-state index in [9.17, 15) is 18.0 Å². The highest BCUT2D eigenvalue weighted by atomic mass is 19.4. The molecule has 1 saturated heterocycles. The number of aromatic nitrogens is 2. The van der Waals surface area contributed by atoms with E-state index in [0.717, 1.165) is 19.3 Å². The zero-order valence-corrected chi connectivity index (χ0v) is 24.0. The van der Waals surface area contributed by atoms with Gasteiger partial charge in [0.05, 0.1) is 24.1 Å². The summed E-state index contributed by atoms with van der Waals surface area (Å²) in [4.78, 5) is 21.4. The van der Waals surface area contributed by atoms with Crippen molar-refractivity contribution >= 4 is 22.4 Å². The van der Waals surface area contributed by atoms with Crippen LogP contribution in [0, 0.1) is 23.1 Å². The van der Waals surface area contributed by atoms with Crippen molar-refractivity contribution in [1.82, 2.24) is 14.5 Å². The van der Waals surface area contributed by atoms with Crippen LogP contribution in [-0.2, 0) is 16.9 Å². The third kappa shape index (κ3) is 4.86. The van der Waals surface area contributed by atoms with Crippen molar-refractivity contribution in [2.75, 3.05) is 31.1 Å². The number of anilines is 2. The van der Waals surface area contributed by atoms with Gasteiger partial charge in [0.2, 0.25) is 0 Å². The van der Waals surface area contributed by atoms with Gasteiger partial charge >= 0.3 is 11.9 Å². The molecule has 3 aliphatic rings. The van der Waals surface area contributed by atoms with E-state index < -0.39 is 28.6 Å². The molecule has 10 heteroatoms. The summed E-state index contributed by atoms with van der Waals surface area (Å²) in [5.41, 5.74) is -1.30. The summed E-state index contributed by atoms with van der Waals surface area (Å²) >= 11 is 0. The number of nitrogens with zero attached hydrogens (tertiary/aromatic N) is 4. The number of rotatable bonds is 2. The van der Waals surface area contributed by atoms with Gasteiger partial charge in [-0.3, -0.25) is 9.47 Å². The quantitative estimate of drug-likeness (QED) is 0.269. The number of benzene rings is 2. The highest BCUT2D eigenvalue weighted by molar-refractivity contribution is 5.93. The third-order valence-electron chi connectivity index (χ3n) is 8.79. The lowest BCUT2D eigenvalue weighted by molar-refractivity contribution is -0.198. The minimum Gasteiger partial charge on any atom is -0.375 e. The van der Waals surface area contributed by atoms with E-state index in [4.69, 9.17) is 4.74 Å². The molecule has 0 radical (unpaired) electrons. The summed E-state index contributed by atoms with van der Waals surface area (Å²) in [6.07, 6.45) is -1.60. The van der Waals surface area contributed by atoms with Crippen molar-refractivity contribution in [3.05, 3.63) is 63.8 Å². The molecule has 1 saturated carbocycles. The van der Waals surface area contributed by atoms with Gasteiger partial charge in [0.25, 0.3) is 0 Å². The second-order valence-corrected chi connectivity index (χ2v) is 12.5. The maximum Gasteiger partial charge on any atom is 0.406 e. The molecule has 6 nitrogen and oxygen atoms in total. The minimum absolute atomic E-state index is 0.0586. The van der Waals surface area contributed by atoms with Crippen LogP contribution in [0.5, 0.6) is 0 Å². The van der Waals surface area contributed by atoms with Crippen LogP contribution in [0.15, 0.2) is 41.2 Å². The first kappa shape index (κ1) is 28.7. The Balaban J connectivity index is 1.46. The molecule has 6 rings (SSSR count). The summed E-state index contributed by atoms with van der Waals surface area (Å²) < 4.78 is 66.2. The first-order chi connectivity index (χ1) is 19.9. The van der Waals surface area contributed by atoms with Crippen molar-refractivity contribution in [2.45, 2.75) is 70.8 Å². The Morgan fingerprint density at radius 3 is 2.52 bits per heavy atom. The highest BCUT2D eigenvalue weighted by Crippen LogP contribution is 2.47. The van der Waals surface area contributed by atoms with E-state index >= 15 is 4.39 Å². The van der Waals surface area contributed by atoms with Gasteiger partial charge in [-0.25, -0.2) is 9.18 Å². The van der Waals surface area contributed by atoms with Crippen LogP contribution in [0.1, 0.15) is 57.6 Å². The van der Waals surface area contributed by atoms with Gasteiger partial charge in [-0.2, -0.15) is 18.2 Å².